The molecule has 0 aliphatic carbocycles. The molecular formula is C16H18N2O4. The van der Waals surface area contributed by atoms with Crippen LogP contribution in [0.2, 0.25) is 0 Å². The Balaban J connectivity index is 2.43. The number of carboxylic acids is 1. The van der Waals surface area contributed by atoms with E-state index in [0.717, 1.165) is 0 Å². The van der Waals surface area contributed by atoms with Crippen LogP contribution in [0.25, 0.3) is 10.9 Å². The largest absolute Gasteiger partial charge is 0.480 e. The lowest BCUT2D eigenvalue weighted by Gasteiger charge is -2.21. The Morgan fingerprint density at radius 3 is 2.73 bits per heavy atom. The summed E-state index contributed by atoms with van der Waals surface area (Å²) in [6.45, 7) is 1.94. The highest BCUT2D eigenvalue weighted by Gasteiger charge is 2.20. The van der Waals surface area contributed by atoms with Gasteiger partial charge >= 0.3 is 5.97 Å². The van der Waals surface area contributed by atoms with E-state index in [1.165, 1.54) is 12.0 Å². The minimum atomic E-state index is -1.06. The Kier molecular flexibility index (Phi) is 5.06. The van der Waals surface area contributed by atoms with Crippen molar-refractivity contribution < 1.29 is 19.4 Å². The first-order valence-corrected chi connectivity index (χ1v) is 6.89. The average Bonchev–Trinajstić information content (AvgIpc) is 2.49. The van der Waals surface area contributed by atoms with Crippen LogP contribution in [0.5, 0.6) is 0 Å². The summed E-state index contributed by atoms with van der Waals surface area (Å²) in [5.41, 5.74) is 1.89. The first-order chi connectivity index (χ1) is 10.5. The maximum absolute atomic E-state index is 12.7. The third kappa shape index (κ3) is 3.59. The third-order valence-corrected chi connectivity index (χ3v) is 3.25. The number of ether oxygens (including phenoxy) is 1. The Morgan fingerprint density at radius 1 is 1.32 bits per heavy atom. The maximum atomic E-state index is 12.7. The summed E-state index contributed by atoms with van der Waals surface area (Å²) in [7, 11) is 1.51. The van der Waals surface area contributed by atoms with Crippen molar-refractivity contribution in [2.75, 3.05) is 26.8 Å². The van der Waals surface area contributed by atoms with Crippen LogP contribution in [-0.4, -0.2) is 53.7 Å². The number of hydrogen-bond donors (Lipinski definition) is 1. The van der Waals surface area contributed by atoms with Gasteiger partial charge in [-0.2, -0.15) is 0 Å². The monoisotopic (exact) mass is 302 g/mol. The van der Waals surface area contributed by atoms with Crippen LogP contribution in [0.3, 0.4) is 0 Å². The number of hydrogen-bond acceptors (Lipinski definition) is 4. The molecule has 6 heteroatoms. The minimum absolute atomic E-state index is 0.220. The predicted molar refractivity (Wildman–Crippen MR) is 81.9 cm³/mol. The fourth-order valence-electron chi connectivity index (χ4n) is 2.27. The summed E-state index contributed by atoms with van der Waals surface area (Å²) < 4.78 is 4.95. The molecule has 0 saturated carbocycles. The number of methoxy groups -OCH3 is 1. The van der Waals surface area contributed by atoms with E-state index in [1.807, 2.05) is 24.3 Å². The van der Waals surface area contributed by atoms with Gasteiger partial charge in [-0.25, -0.2) is 0 Å². The molecule has 1 aromatic heterocycles. The Bertz CT molecular complexity index is 700. The zero-order valence-corrected chi connectivity index (χ0v) is 12.6. The fourth-order valence-corrected chi connectivity index (χ4v) is 2.27. The quantitative estimate of drug-likeness (QED) is 0.879. The normalized spacial score (nSPS) is 10.6. The Morgan fingerprint density at radius 2 is 2.05 bits per heavy atom. The van der Waals surface area contributed by atoms with Crippen molar-refractivity contribution in [1.82, 2.24) is 9.88 Å². The number of amides is 1. The lowest BCUT2D eigenvalue weighted by molar-refractivity contribution is -0.137. The van der Waals surface area contributed by atoms with Gasteiger partial charge in [0.2, 0.25) is 0 Å². The molecule has 6 nitrogen and oxygen atoms in total. The Labute approximate surface area is 128 Å². The van der Waals surface area contributed by atoms with Crippen molar-refractivity contribution in [3.8, 4) is 0 Å². The molecule has 0 aliphatic heterocycles. The number of aliphatic carboxylic acids is 1. The summed E-state index contributed by atoms with van der Waals surface area (Å²) in [6.07, 6.45) is 0. The molecule has 2 aromatic rings. The van der Waals surface area contributed by atoms with Gasteiger partial charge in [-0.05, 0) is 19.1 Å². The number of para-hydroxylation sites is 1. The van der Waals surface area contributed by atoms with E-state index in [9.17, 15) is 9.59 Å². The van der Waals surface area contributed by atoms with Gasteiger partial charge in [0.25, 0.3) is 5.91 Å². The van der Waals surface area contributed by atoms with E-state index >= 15 is 0 Å². The fraction of sp³-hybridized carbons (Fsp3) is 0.312. The van der Waals surface area contributed by atoms with Crippen molar-refractivity contribution in [3.63, 3.8) is 0 Å². The van der Waals surface area contributed by atoms with Crippen LogP contribution in [0.15, 0.2) is 30.3 Å². The Hall–Kier alpha value is -2.47. The molecule has 0 aliphatic rings. The number of carboxylic acid groups (broad SMARTS) is 1. The molecule has 0 atom stereocenters. The highest BCUT2D eigenvalue weighted by molar-refractivity contribution is 6.06. The van der Waals surface area contributed by atoms with E-state index in [4.69, 9.17) is 9.84 Å². The summed E-state index contributed by atoms with van der Waals surface area (Å²) >= 11 is 0. The molecule has 0 saturated heterocycles. The molecule has 1 amide bonds. The first kappa shape index (κ1) is 15.9. The van der Waals surface area contributed by atoms with E-state index in [2.05, 4.69) is 4.98 Å². The second-order valence-electron chi connectivity index (χ2n) is 4.94. The first-order valence-electron chi connectivity index (χ1n) is 6.89. The van der Waals surface area contributed by atoms with Crippen LogP contribution in [0.4, 0.5) is 0 Å². The molecule has 116 valence electrons. The molecule has 0 spiro atoms. The highest BCUT2D eigenvalue weighted by atomic mass is 16.5. The smallest absolute Gasteiger partial charge is 0.323 e. The molecule has 0 bridgehead atoms. The van der Waals surface area contributed by atoms with Gasteiger partial charge in [0, 0.05) is 24.7 Å². The SMILES string of the molecule is COCCN(CC(=O)O)C(=O)c1cc(C)nc2ccccc12. The summed E-state index contributed by atoms with van der Waals surface area (Å²) in [4.78, 5) is 29.4. The summed E-state index contributed by atoms with van der Waals surface area (Å²) in [6, 6.07) is 9.00. The lowest BCUT2D eigenvalue weighted by Crippen LogP contribution is -2.38. The zero-order chi connectivity index (χ0) is 16.1. The van der Waals surface area contributed by atoms with Crippen molar-refractivity contribution in [3.05, 3.63) is 41.6 Å². The lowest BCUT2D eigenvalue weighted by atomic mass is 10.1. The van der Waals surface area contributed by atoms with Crippen LogP contribution in [0.1, 0.15) is 16.1 Å². The van der Waals surface area contributed by atoms with E-state index in [0.29, 0.717) is 22.2 Å². The second kappa shape index (κ2) is 7.00. The van der Waals surface area contributed by atoms with E-state index in [1.54, 1.807) is 13.0 Å². The average molecular weight is 302 g/mol. The highest BCUT2D eigenvalue weighted by Crippen LogP contribution is 2.19. The van der Waals surface area contributed by atoms with Gasteiger partial charge in [-0.15, -0.1) is 0 Å². The topological polar surface area (TPSA) is 79.7 Å². The number of rotatable bonds is 6. The molecule has 0 radical (unpaired) electrons. The number of aromatic nitrogens is 1. The molecule has 1 N–H and O–H groups in total. The van der Waals surface area contributed by atoms with Crippen molar-refractivity contribution in [1.29, 1.82) is 0 Å². The van der Waals surface area contributed by atoms with Gasteiger partial charge in [0.15, 0.2) is 0 Å². The minimum Gasteiger partial charge on any atom is -0.480 e. The summed E-state index contributed by atoms with van der Waals surface area (Å²) in [5, 5.41) is 9.71. The molecule has 1 heterocycles. The van der Waals surface area contributed by atoms with Crippen LogP contribution >= 0.6 is 0 Å². The van der Waals surface area contributed by atoms with E-state index in [-0.39, 0.29) is 25.6 Å². The number of carbonyl (C=O) groups excluding carboxylic acids is 1. The number of aryl methyl sites for hydroxylation is 1. The molecule has 2 rings (SSSR count). The predicted octanol–water partition coefficient (Wildman–Crippen LogP) is 1.72. The molecule has 1 aromatic carbocycles. The molecule has 0 unspecified atom stereocenters. The number of benzene rings is 1. The molecular weight excluding hydrogens is 284 g/mol. The van der Waals surface area contributed by atoms with Gasteiger partial charge in [0.1, 0.15) is 6.54 Å². The van der Waals surface area contributed by atoms with Crippen molar-refractivity contribution >= 4 is 22.8 Å². The number of nitrogens with zero attached hydrogens (tertiary/aromatic N) is 2. The second-order valence-corrected chi connectivity index (χ2v) is 4.94. The zero-order valence-electron chi connectivity index (χ0n) is 12.6. The summed E-state index contributed by atoms with van der Waals surface area (Å²) in [5.74, 6) is -1.39. The van der Waals surface area contributed by atoms with E-state index < -0.39 is 5.97 Å². The number of carbonyl (C=O) groups is 2. The van der Waals surface area contributed by atoms with Gasteiger partial charge in [-0.1, -0.05) is 18.2 Å². The number of fused-ring (bicyclic) bond motifs is 1. The van der Waals surface area contributed by atoms with Crippen LogP contribution in [0, 0.1) is 6.92 Å². The number of pyridine rings is 1. The molecule has 0 fully saturated rings. The van der Waals surface area contributed by atoms with Crippen molar-refractivity contribution in [2.45, 2.75) is 6.92 Å². The van der Waals surface area contributed by atoms with Crippen molar-refractivity contribution in [2.24, 2.45) is 0 Å². The third-order valence-electron chi connectivity index (χ3n) is 3.25. The van der Waals surface area contributed by atoms with Gasteiger partial charge < -0.3 is 14.7 Å². The standard InChI is InChI=1S/C16H18N2O4/c1-11-9-13(12-5-3-4-6-14(12)17-11)16(21)18(7-8-22-2)10-15(19)20/h3-6,9H,7-8,10H2,1-2H3,(H,19,20). The van der Waals surface area contributed by atoms with Crippen LogP contribution < -0.4 is 0 Å². The maximum Gasteiger partial charge on any atom is 0.323 e. The van der Waals surface area contributed by atoms with Crippen LogP contribution in [-0.2, 0) is 9.53 Å². The molecule has 22 heavy (non-hydrogen) atoms. The van der Waals surface area contributed by atoms with Gasteiger partial charge in [-0.3, -0.25) is 14.6 Å². The van der Waals surface area contributed by atoms with Gasteiger partial charge in [0.05, 0.1) is 17.7 Å².